The molecule has 0 amide bonds. The van der Waals surface area contributed by atoms with Crippen LogP contribution in [0.25, 0.3) is 17.8 Å². The van der Waals surface area contributed by atoms with E-state index in [0.717, 1.165) is 29.1 Å². The van der Waals surface area contributed by atoms with E-state index in [0.29, 0.717) is 17.4 Å². The normalized spacial score (nSPS) is 17.7. The van der Waals surface area contributed by atoms with Crippen molar-refractivity contribution in [3.63, 3.8) is 0 Å². The lowest BCUT2D eigenvalue weighted by Gasteiger charge is -2.26. The summed E-state index contributed by atoms with van der Waals surface area (Å²) in [6.45, 7) is 2.11. The SMILES string of the molecule is COc1cc(/C=C/c2nc3n(n2)C[C@H](O)CC3c2cc(F)c(F)c(F)c2)ccc1-n1cnc(C)c1. The summed E-state index contributed by atoms with van der Waals surface area (Å²) in [5.41, 5.74) is 2.77. The molecule has 2 aromatic carbocycles. The Morgan fingerprint density at radius 3 is 2.57 bits per heavy atom. The predicted molar refractivity (Wildman–Crippen MR) is 123 cm³/mol. The van der Waals surface area contributed by atoms with Gasteiger partial charge in [0.1, 0.15) is 11.6 Å². The van der Waals surface area contributed by atoms with E-state index in [1.165, 1.54) is 4.68 Å². The van der Waals surface area contributed by atoms with Crippen molar-refractivity contribution in [2.24, 2.45) is 0 Å². The number of aliphatic hydroxyl groups excluding tert-OH is 1. The first-order valence-electron chi connectivity index (χ1n) is 11.0. The van der Waals surface area contributed by atoms with Crippen molar-refractivity contribution in [1.29, 1.82) is 0 Å². The molecule has 0 spiro atoms. The molecule has 35 heavy (non-hydrogen) atoms. The molecule has 0 saturated heterocycles. The van der Waals surface area contributed by atoms with Gasteiger partial charge in [0.05, 0.1) is 37.5 Å². The van der Waals surface area contributed by atoms with E-state index in [-0.39, 0.29) is 18.5 Å². The fourth-order valence-electron chi connectivity index (χ4n) is 4.28. The molecule has 1 aliphatic heterocycles. The topological polar surface area (TPSA) is 78.0 Å². The van der Waals surface area contributed by atoms with Crippen molar-refractivity contribution in [2.75, 3.05) is 7.11 Å². The van der Waals surface area contributed by atoms with Crippen LogP contribution in [0.15, 0.2) is 42.9 Å². The second kappa shape index (κ2) is 9.03. The number of rotatable bonds is 5. The molecule has 1 aliphatic rings. The summed E-state index contributed by atoms with van der Waals surface area (Å²) in [4.78, 5) is 8.76. The van der Waals surface area contributed by atoms with Crippen molar-refractivity contribution in [2.45, 2.75) is 31.9 Å². The van der Waals surface area contributed by atoms with Gasteiger partial charge in [-0.2, -0.15) is 5.10 Å². The molecule has 1 N–H and O–H groups in total. The Morgan fingerprint density at radius 1 is 1.11 bits per heavy atom. The van der Waals surface area contributed by atoms with Gasteiger partial charge in [-0.1, -0.05) is 12.1 Å². The number of fused-ring (bicyclic) bond motifs is 1. The van der Waals surface area contributed by atoms with E-state index < -0.39 is 29.5 Å². The molecule has 7 nitrogen and oxygen atoms in total. The van der Waals surface area contributed by atoms with Gasteiger partial charge in [-0.05, 0) is 54.8 Å². The lowest BCUT2D eigenvalue weighted by atomic mass is 9.89. The summed E-state index contributed by atoms with van der Waals surface area (Å²) in [6, 6.07) is 7.57. The van der Waals surface area contributed by atoms with Crippen LogP contribution in [0.2, 0.25) is 0 Å². The maximum atomic E-state index is 13.8. The highest BCUT2D eigenvalue weighted by Gasteiger charge is 2.31. The van der Waals surface area contributed by atoms with Gasteiger partial charge in [0.2, 0.25) is 0 Å². The number of ether oxygens (including phenoxy) is 1. The van der Waals surface area contributed by atoms with Crippen LogP contribution in [0.3, 0.4) is 0 Å². The number of benzene rings is 2. The van der Waals surface area contributed by atoms with Gasteiger partial charge in [-0.3, -0.25) is 0 Å². The van der Waals surface area contributed by atoms with E-state index in [2.05, 4.69) is 15.1 Å². The van der Waals surface area contributed by atoms with Gasteiger partial charge < -0.3 is 14.4 Å². The van der Waals surface area contributed by atoms with Crippen LogP contribution in [-0.2, 0) is 6.54 Å². The van der Waals surface area contributed by atoms with E-state index in [1.54, 1.807) is 19.5 Å². The highest BCUT2D eigenvalue weighted by Crippen LogP contribution is 2.34. The molecule has 0 aliphatic carbocycles. The second-order valence-electron chi connectivity index (χ2n) is 8.44. The number of halogens is 3. The number of methoxy groups -OCH3 is 1. The van der Waals surface area contributed by atoms with Crippen LogP contribution in [0.1, 0.15) is 40.8 Å². The number of aliphatic hydroxyl groups is 1. The zero-order chi connectivity index (χ0) is 24.7. The molecule has 0 bridgehead atoms. The van der Waals surface area contributed by atoms with Crippen molar-refractivity contribution < 1.29 is 23.0 Å². The number of nitrogens with zero attached hydrogens (tertiary/aromatic N) is 5. The Bertz CT molecular complexity index is 1410. The predicted octanol–water partition coefficient (Wildman–Crippen LogP) is 4.27. The van der Waals surface area contributed by atoms with Gasteiger partial charge in [-0.25, -0.2) is 27.8 Å². The zero-order valence-corrected chi connectivity index (χ0v) is 19.0. The Morgan fingerprint density at radius 2 is 1.89 bits per heavy atom. The first-order valence-corrected chi connectivity index (χ1v) is 11.0. The summed E-state index contributed by atoms with van der Waals surface area (Å²) in [5, 5.41) is 14.7. The summed E-state index contributed by atoms with van der Waals surface area (Å²) >= 11 is 0. The number of imidazole rings is 1. The van der Waals surface area contributed by atoms with Crippen LogP contribution in [0.5, 0.6) is 5.75 Å². The largest absolute Gasteiger partial charge is 0.495 e. The minimum absolute atomic E-state index is 0.193. The van der Waals surface area contributed by atoms with Crippen LogP contribution in [0.4, 0.5) is 13.2 Å². The Labute approximate surface area is 199 Å². The molecular weight excluding hydrogens is 459 g/mol. The van der Waals surface area contributed by atoms with Crippen molar-refractivity contribution in [3.05, 3.63) is 88.8 Å². The number of aryl methyl sites for hydroxylation is 1. The average molecular weight is 481 g/mol. The molecule has 1 unspecified atom stereocenters. The van der Waals surface area contributed by atoms with Crippen molar-refractivity contribution in [3.8, 4) is 11.4 Å². The third-order valence-corrected chi connectivity index (χ3v) is 5.95. The monoisotopic (exact) mass is 481 g/mol. The van der Waals surface area contributed by atoms with E-state index in [4.69, 9.17) is 4.74 Å². The fourth-order valence-corrected chi connectivity index (χ4v) is 4.28. The highest BCUT2D eigenvalue weighted by atomic mass is 19.2. The van der Waals surface area contributed by atoms with Crippen molar-refractivity contribution >= 4 is 12.2 Å². The standard InChI is InChI=1S/C25H22F3N5O2/c1-14-11-32(13-29-14)21-5-3-15(7-22(21)35-2)4-6-23-30-25-18(10-17(34)12-33(25)31-23)16-8-19(26)24(28)20(27)9-16/h3-9,11,13,17-18,34H,10,12H2,1-2H3/b6-4+/t17-,18?/m1/s1. The number of hydrogen-bond donors (Lipinski definition) is 1. The number of aromatic nitrogens is 5. The van der Waals surface area contributed by atoms with E-state index in [9.17, 15) is 18.3 Å². The summed E-state index contributed by atoms with van der Waals surface area (Å²) in [5.74, 6) is -3.25. The summed E-state index contributed by atoms with van der Waals surface area (Å²) < 4.78 is 50.0. The van der Waals surface area contributed by atoms with E-state index >= 15 is 0 Å². The molecule has 0 radical (unpaired) electrons. The second-order valence-corrected chi connectivity index (χ2v) is 8.44. The Kier molecular flexibility index (Phi) is 5.89. The first kappa shape index (κ1) is 22.9. The van der Waals surface area contributed by atoms with Crippen LogP contribution >= 0.6 is 0 Å². The van der Waals surface area contributed by atoms with Crippen LogP contribution in [-0.4, -0.2) is 42.6 Å². The molecular formula is C25H22F3N5O2. The Hall–Kier alpha value is -3.92. The van der Waals surface area contributed by atoms with Gasteiger partial charge in [0.15, 0.2) is 23.3 Å². The third kappa shape index (κ3) is 4.44. The molecule has 4 aromatic rings. The third-order valence-electron chi connectivity index (χ3n) is 5.95. The lowest BCUT2D eigenvalue weighted by molar-refractivity contribution is 0.117. The molecule has 2 aromatic heterocycles. The minimum Gasteiger partial charge on any atom is -0.495 e. The molecule has 10 heteroatoms. The smallest absolute Gasteiger partial charge is 0.194 e. The van der Waals surface area contributed by atoms with Gasteiger partial charge in [-0.15, -0.1) is 0 Å². The molecule has 180 valence electrons. The summed E-state index contributed by atoms with van der Waals surface area (Å²) in [7, 11) is 1.59. The maximum absolute atomic E-state index is 13.8. The van der Waals surface area contributed by atoms with E-state index in [1.807, 2.05) is 42.0 Å². The maximum Gasteiger partial charge on any atom is 0.194 e. The van der Waals surface area contributed by atoms with Crippen molar-refractivity contribution in [1.82, 2.24) is 24.3 Å². The van der Waals surface area contributed by atoms with Gasteiger partial charge in [0, 0.05) is 12.1 Å². The van der Waals surface area contributed by atoms with Gasteiger partial charge in [0.25, 0.3) is 0 Å². The number of hydrogen-bond acceptors (Lipinski definition) is 5. The average Bonchev–Trinajstić information content (AvgIpc) is 3.45. The first-order chi connectivity index (χ1) is 16.8. The minimum atomic E-state index is -1.53. The fraction of sp³-hybridized carbons (Fsp3) is 0.240. The van der Waals surface area contributed by atoms with Gasteiger partial charge >= 0.3 is 0 Å². The molecule has 0 saturated carbocycles. The lowest BCUT2D eigenvalue weighted by Crippen LogP contribution is -2.29. The molecule has 2 atom stereocenters. The van der Waals surface area contributed by atoms with Crippen LogP contribution < -0.4 is 4.74 Å². The quantitative estimate of drug-likeness (QED) is 0.431. The molecule has 5 rings (SSSR count). The highest BCUT2D eigenvalue weighted by molar-refractivity contribution is 5.69. The molecule has 0 fully saturated rings. The summed E-state index contributed by atoms with van der Waals surface area (Å²) in [6.07, 6.45) is 6.54. The molecule has 3 heterocycles. The Balaban J connectivity index is 1.44. The zero-order valence-electron chi connectivity index (χ0n) is 19.0. The van der Waals surface area contributed by atoms with Crippen LogP contribution in [0, 0.1) is 24.4 Å².